The first-order valence-electron chi connectivity index (χ1n) is 12.0. The number of methoxy groups -OCH3 is 1. The van der Waals surface area contributed by atoms with Crippen LogP contribution in [0.4, 0.5) is 13.2 Å². The third kappa shape index (κ3) is 4.32. The van der Waals surface area contributed by atoms with E-state index in [1.54, 1.807) is 19.4 Å². The molecule has 3 fully saturated rings. The fraction of sp³-hybridized carbons (Fsp3) is 0.393. The van der Waals surface area contributed by atoms with Crippen LogP contribution in [0.1, 0.15) is 35.6 Å². The van der Waals surface area contributed by atoms with E-state index in [4.69, 9.17) is 4.74 Å². The fourth-order valence-corrected chi connectivity index (χ4v) is 6.33. The van der Waals surface area contributed by atoms with E-state index in [2.05, 4.69) is 11.6 Å². The Balaban J connectivity index is 1.55. The van der Waals surface area contributed by atoms with Crippen LogP contribution >= 0.6 is 0 Å². The molecule has 184 valence electrons. The van der Waals surface area contributed by atoms with Crippen LogP contribution in [0.5, 0.6) is 5.75 Å². The molecule has 0 aliphatic carbocycles. The number of ether oxygens (including phenoxy) is 1. The number of pyridine rings is 1. The second-order valence-electron chi connectivity index (χ2n) is 9.96. The van der Waals surface area contributed by atoms with Gasteiger partial charge in [-0.15, -0.1) is 6.58 Å². The predicted molar refractivity (Wildman–Crippen MR) is 129 cm³/mol. The molecular formula is C28H30F3N2O2+. The number of aliphatic hydroxyl groups excluding tert-OH is 1. The third-order valence-corrected chi connectivity index (χ3v) is 8.09. The topological polar surface area (TPSA) is 42.4 Å². The molecule has 4 heterocycles. The first kappa shape index (κ1) is 23.8. The highest BCUT2D eigenvalue weighted by Gasteiger charge is 2.54. The predicted octanol–water partition coefficient (Wildman–Crippen LogP) is 5.91. The molecule has 2 aromatic carbocycles. The molecule has 1 aromatic heterocycles. The molecule has 6 rings (SSSR count). The number of fused-ring (bicyclic) bond motifs is 4. The summed E-state index contributed by atoms with van der Waals surface area (Å²) in [6.45, 7) is 6.05. The van der Waals surface area contributed by atoms with Gasteiger partial charge in [0.25, 0.3) is 0 Å². The van der Waals surface area contributed by atoms with Gasteiger partial charge in [0.05, 0.1) is 31.3 Å². The lowest BCUT2D eigenvalue weighted by Crippen LogP contribution is -2.67. The number of aromatic nitrogens is 1. The maximum absolute atomic E-state index is 13.4. The molecule has 0 radical (unpaired) electrons. The average Bonchev–Trinajstić information content (AvgIpc) is 2.87. The Morgan fingerprint density at radius 1 is 1.23 bits per heavy atom. The van der Waals surface area contributed by atoms with Gasteiger partial charge >= 0.3 is 6.18 Å². The van der Waals surface area contributed by atoms with Crippen molar-refractivity contribution in [2.75, 3.05) is 20.2 Å². The van der Waals surface area contributed by atoms with Crippen molar-refractivity contribution in [1.82, 2.24) is 4.98 Å². The smallest absolute Gasteiger partial charge is 0.416 e. The van der Waals surface area contributed by atoms with Crippen molar-refractivity contribution in [2.45, 2.75) is 37.7 Å². The van der Waals surface area contributed by atoms with E-state index in [0.717, 1.165) is 48.5 Å². The molecule has 3 saturated heterocycles. The molecular weight excluding hydrogens is 453 g/mol. The van der Waals surface area contributed by atoms with Crippen LogP contribution in [-0.4, -0.2) is 40.8 Å². The van der Waals surface area contributed by atoms with E-state index in [0.29, 0.717) is 28.3 Å². The molecule has 35 heavy (non-hydrogen) atoms. The van der Waals surface area contributed by atoms with Gasteiger partial charge in [0.15, 0.2) is 0 Å². The monoisotopic (exact) mass is 483 g/mol. The maximum Gasteiger partial charge on any atom is 0.416 e. The minimum Gasteiger partial charge on any atom is -0.497 e. The Labute approximate surface area is 203 Å². The lowest BCUT2D eigenvalue weighted by Gasteiger charge is -2.58. The molecule has 1 N–H and O–H groups in total. The standard InChI is InChI=1S/C28H30F3N2O2/c1-3-19-17-33(16-18-5-4-6-21(13-18)28(29,30)31)12-10-20(19)14-26(33)27(34)23-9-11-32-25-8-7-22(35-2)15-24(23)25/h3-9,11,13,15,19-20,26-27,34H,1,10,12,14,16-17H2,2H3/q+1/t19?,20?,26?,27-,33?/m1/s1. The quantitative estimate of drug-likeness (QED) is 0.350. The Morgan fingerprint density at radius 3 is 2.80 bits per heavy atom. The van der Waals surface area contributed by atoms with Crippen LogP contribution < -0.4 is 4.74 Å². The molecule has 2 bridgehead atoms. The Hall–Kier alpha value is -2.90. The summed E-state index contributed by atoms with van der Waals surface area (Å²) in [5.74, 6) is 1.38. The number of quaternary nitrogens is 1. The number of benzene rings is 2. The number of piperidine rings is 3. The zero-order valence-corrected chi connectivity index (χ0v) is 19.7. The van der Waals surface area contributed by atoms with Crippen LogP contribution in [0.25, 0.3) is 10.9 Å². The van der Waals surface area contributed by atoms with E-state index >= 15 is 0 Å². The van der Waals surface area contributed by atoms with Gasteiger partial charge < -0.3 is 14.3 Å². The van der Waals surface area contributed by atoms with E-state index in [9.17, 15) is 18.3 Å². The minimum absolute atomic E-state index is 0.142. The lowest BCUT2D eigenvalue weighted by molar-refractivity contribution is -0.984. The van der Waals surface area contributed by atoms with Gasteiger partial charge in [0, 0.05) is 35.9 Å². The summed E-state index contributed by atoms with van der Waals surface area (Å²) in [5, 5.41) is 12.7. The van der Waals surface area contributed by atoms with Crippen molar-refractivity contribution in [3.63, 3.8) is 0 Å². The van der Waals surface area contributed by atoms with Crippen molar-refractivity contribution in [2.24, 2.45) is 11.8 Å². The summed E-state index contributed by atoms with van der Waals surface area (Å²) in [4.78, 5) is 4.44. The number of aliphatic hydroxyl groups is 1. The molecule has 3 aromatic rings. The van der Waals surface area contributed by atoms with Crippen molar-refractivity contribution in [3.05, 3.63) is 84.1 Å². The Bertz CT molecular complexity index is 1240. The molecule has 4 unspecified atom stereocenters. The molecule has 3 aliphatic rings. The van der Waals surface area contributed by atoms with E-state index in [1.165, 1.54) is 12.1 Å². The summed E-state index contributed by atoms with van der Waals surface area (Å²) in [5.41, 5.74) is 1.56. The molecule has 0 spiro atoms. The summed E-state index contributed by atoms with van der Waals surface area (Å²) >= 11 is 0. The number of nitrogens with zero attached hydrogens (tertiary/aromatic N) is 2. The molecule has 5 atom stereocenters. The third-order valence-electron chi connectivity index (χ3n) is 8.09. The molecule has 0 saturated carbocycles. The summed E-state index contributed by atoms with van der Waals surface area (Å²) < 4.78 is 46.2. The van der Waals surface area contributed by atoms with Crippen LogP contribution in [0.2, 0.25) is 0 Å². The van der Waals surface area contributed by atoms with Crippen molar-refractivity contribution in [1.29, 1.82) is 0 Å². The highest BCUT2D eigenvalue weighted by atomic mass is 19.4. The van der Waals surface area contributed by atoms with Crippen molar-refractivity contribution < 1.29 is 27.5 Å². The summed E-state index contributed by atoms with van der Waals surface area (Å²) in [7, 11) is 1.60. The molecule has 4 nitrogen and oxygen atoms in total. The number of rotatable bonds is 6. The van der Waals surface area contributed by atoms with Crippen molar-refractivity contribution >= 4 is 10.9 Å². The summed E-state index contributed by atoms with van der Waals surface area (Å²) in [6, 6.07) is 12.9. The van der Waals surface area contributed by atoms with Gasteiger partial charge in [-0.3, -0.25) is 4.98 Å². The molecule has 0 amide bonds. The number of alkyl halides is 3. The normalized spacial score (nSPS) is 27.1. The molecule has 3 aliphatic heterocycles. The number of hydrogen-bond acceptors (Lipinski definition) is 3. The second kappa shape index (κ2) is 8.95. The highest BCUT2D eigenvalue weighted by Crippen LogP contribution is 2.48. The van der Waals surface area contributed by atoms with E-state index in [1.807, 2.05) is 30.3 Å². The Morgan fingerprint density at radius 2 is 2.06 bits per heavy atom. The van der Waals surface area contributed by atoms with Gasteiger partial charge in [-0.25, -0.2) is 0 Å². The summed E-state index contributed by atoms with van der Waals surface area (Å²) in [6.07, 6.45) is 0.287. The molecule has 7 heteroatoms. The average molecular weight is 484 g/mol. The Kier molecular flexibility index (Phi) is 6.09. The zero-order valence-electron chi connectivity index (χ0n) is 19.7. The van der Waals surface area contributed by atoms with Crippen molar-refractivity contribution in [3.8, 4) is 5.75 Å². The van der Waals surface area contributed by atoms with Gasteiger partial charge in [-0.1, -0.05) is 18.2 Å². The second-order valence-corrected chi connectivity index (χ2v) is 9.96. The van der Waals surface area contributed by atoms with Crippen LogP contribution in [0.15, 0.2) is 67.4 Å². The van der Waals surface area contributed by atoms with Gasteiger partial charge in [0.2, 0.25) is 0 Å². The van der Waals surface area contributed by atoms with Gasteiger partial charge in [-0.05, 0) is 47.9 Å². The van der Waals surface area contributed by atoms with Gasteiger partial charge in [0.1, 0.15) is 24.4 Å². The number of hydrogen-bond donors (Lipinski definition) is 1. The zero-order chi connectivity index (χ0) is 24.8. The van der Waals surface area contributed by atoms with E-state index < -0.39 is 17.8 Å². The first-order valence-corrected chi connectivity index (χ1v) is 12.0. The van der Waals surface area contributed by atoms with Gasteiger partial charge in [-0.2, -0.15) is 13.2 Å². The first-order chi connectivity index (χ1) is 16.7. The lowest BCUT2D eigenvalue weighted by atomic mass is 9.71. The fourth-order valence-electron chi connectivity index (χ4n) is 6.33. The van der Waals surface area contributed by atoms with Crippen LogP contribution in [0, 0.1) is 11.8 Å². The maximum atomic E-state index is 13.4. The largest absolute Gasteiger partial charge is 0.497 e. The van der Waals surface area contributed by atoms with Crippen LogP contribution in [0.3, 0.4) is 0 Å². The number of halogens is 3. The highest BCUT2D eigenvalue weighted by molar-refractivity contribution is 5.83. The van der Waals surface area contributed by atoms with E-state index in [-0.39, 0.29) is 12.0 Å². The SMILES string of the molecule is C=CC1C[N+]2(Cc3cccc(C(F)(F)F)c3)CCC1CC2[C@H](O)c1ccnc2ccc(OC)cc12. The van der Waals surface area contributed by atoms with Crippen LogP contribution in [-0.2, 0) is 12.7 Å². The minimum atomic E-state index is -4.39.